The summed E-state index contributed by atoms with van der Waals surface area (Å²) in [5.41, 5.74) is 0.750. The number of carbonyl (C=O) groups excluding carboxylic acids is 1. The summed E-state index contributed by atoms with van der Waals surface area (Å²) in [6.07, 6.45) is -7.93. The summed E-state index contributed by atoms with van der Waals surface area (Å²) in [7, 11) is 1.55. The van der Waals surface area contributed by atoms with E-state index in [1.54, 1.807) is 31.4 Å². The van der Waals surface area contributed by atoms with Crippen LogP contribution in [0.5, 0.6) is 23.0 Å². The molecule has 0 bridgehead atoms. The van der Waals surface area contributed by atoms with Gasteiger partial charge >= 0.3 is 0 Å². The number of aliphatic hydroxyl groups is 4. The van der Waals surface area contributed by atoms with E-state index >= 15 is 0 Å². The molecule has 2 aromatic carbocycles. The van der Waals surface area contributed by atoms with Crippen LogP contribution in [0.3, 0.4) is 0 Å². The Morgan fingerprint density at radius 3 is 2.41 bits per heavy atom. The number of benzene rings is 2. The summed E-state index contributed by atoms with van der Waals surface area (Å²) in [4.78, 5) is 12.7. The topological polar surface area (TPSA) is 155 Å². The Labute approximate surface area is 183 Å². The summed E-state index contributed by atoms with van der Waals surface area (Å²) >= 11 is 0. The number of fused-ring (bicyclic) bond motifs is 1. The number of ketones is 1. The molecular formula is C22H24O10. The summed E-state index contributed by atoms with van der Waals surface area (Å²) in [5.74, 6) is 0.0452. The maximum Gasteiger partial charge on any atom is 0.229 e. The maximum absolute atomic E-state index is 12.7. The Balaban J connectivity index is 1.58. The lowest BCUT2D eigenvalue weighted by atomic mass is 9.95. The number of hydrogen-bond donors (Lipinski definition) is 5. The van der Waals surface area contributed by atoms with Crippen LogP contribution in [0, 0.1) is 0 Å². The van der Waals surface area contributed by atoms with Gasteiger partial charge in [0.2, 0.25) is 6.29 Å². The van der Waals surface area contributed by atoms with Crippen molar-refractivity contribution in [3.05, 3.63) is 47.5 Å². The van der Waals surface area contributed by atoms with Gasteiger partial charge in [0.25, 0.3) is 0 Å². The molecule has 0 amide bonds. The average molecular weight is 448 g/mol. The second kappa shape index (κ2) is 8.93. The van der Waals surface area contributed by atoms with Crippen LogP contribution >= 0.6 is 0 Å². The highest BCUT2D eigenvalue weighted by atomic mass is 16.7. The maximum atomic E-state index is 12.7. The van der Waals surface area contributed by atoms with Gasteiger partial charge in [0, 0.05) is 12.1 Å². The van der Waals surface area contributed by atoms with E-state index in [0.29, 0.717) is 5.75 Å². The highest BCUT2D eigenvalue weighted by molar-refractivity contribution is 6.02. The van der Waals surface area contributed by atoms with Crippen LogP contribution < -0.4 is 14.2 Å². The third kappa shape index (κ3) is 4.10. The number of carbonyl (C=O) groups is 1. The molecule has 1 fully saturated rings. The molecule has 2 aliphatic rings. The number of rotatable bonds is 5. The standard InChI is InChI=1S/C22H24O10/c1-29-11-4-2-10(3-5-11)15-8-14(25)18-13(24)6-12(7-16(18)31-15)30-22-21(28)20(27)19(26)17(9-23)32-22/h2-7,15,17,19-24,26-28H,8-9H2,1H3/t15-,17+,19-,20-,21+,22+/m0/s1. The molecule has 10 heteroatoms. The van der Waals surface area contributed by atoms with E-state index in [1.807, 2.05) is 0 Å². The normalized spacial score (nSPS) is 29.7. The predicted octanol–water partition coefficient (Wildman–Crippen LogP) is 0.286. The van der Waals surface area contributed by atoms with Crippen molar-refractivity contribution >= 4 is 5.78 Å². The number of ether oxygens (including phenoxy) is 4. The van der Waals surface area contributed by atoms with Crippen LogP contribution in [-0.4, -0.2) is 75.7 Å². The minimum atomic E-state index is -1.62. The first-order valence-corrected chi connectivity index (χ1v) is 10.0. The molecule has 0 unspecified atom stereocenters. The molecule has 4 rings (SSSR count). The quantitative estimate of drug-likeness (QED) is 0.431. The average Bonchev–Trinajstić information content (AvgIpc) is 2.79. The van der Waals surface area contributed by atoms with Crippen molar-refractivity contribution in [1.29, 1.82) is 0 Å². The van der Waals surface area contributed by atoms with E-state index in [-0.39, 0.29) is 35.0 Å². The van der Waals surface area contributed by atoms with Crippen molar-refractivity contribution in [2.24, 2.45) is 0 Å². The number of phenols is 1. The van der Waals surface area contributed by atoms with Crippen molar-refractivity contribution in [1.82, 2.24) is 0 Å². The van der Waals surface area contributed by atoms with Crippen molar-refractivity contribution in [3.8, 4) is 23.0 Å². The molecule has 5 N–H and O–H groups in total. The van der Waals surface area contributed by atoms with Gasteiger partial charge in [0.1, 0.15) is 59.1 Å². The Bertz CT molecular complexity index is 973. The van der Waals surface area contributed by atoms with Crippen molar-refractivity contribution < 1.29 is 49.3 Å². The monoisotopic (exact) mass is 448 g/mol. The minimum Gasteiger partial charge on any atom is -0.507 e. The third-order valence-electron chi connectivity index (χ3n) is 5.56. The molecule has 6 atom stereocenters. The fraction of sp³-hybridized carbons (Fsp3) is 0.409. The molecule has 2 heterocycles. The molecule has 0 aliphatic carbocycles. The van der Waals surface area contributed by atoms with Crippen LogP contribution in [0.1, 0.15) is 28.4 Å². The van der Waals surface area contributed by atoms with E-state index in [0.717, 1.165) is 11.6 Å². The molecule has 32 heavy (non-hydrogen) atoms. The van der Waals surface area contributed by atoms with Crippen LogP contribution in [0.2, 0.25) is 0 Å². The number of aromatic hydroxyl groups is 1. The van der Waals surface area contributed by atoms with Gasteiger partial charge in [-0.1, -0.05) is 12.1 Å². The zero-order valence-corrected chi connectivity index (χ0v) is 17.1. The lowest BCUT2D eigenvalue weighted by Crippen LogP contribution is -2.60. The molecule has 0 saturated carbocycles. The van der Waals surface area contributed by atoms with E-state index in [1.165, 1.54) is 6.07 Å². The largest absolute Gasteiger partial charge is 0.507 e. The van der Waals surface area contributed by atoms with Crippen molar-refractivity contribution in [3.63, 3.8) is 0 Å². The van der Waals surface area contributed by atoms with E-state index in [4.69, 9.17) is 18.9 Å². The highest BCUT2D eigenvalue weighted by Gasteiger charge is 2.45. The van der Waals surface area contributed by atoms with Gasteiger partial charge in [0.05, 0.1) is 20.1 Å². The Kier molecular flexibility index (Phi) is 6.22. The van der Waals surface area contributed by atoms with Gasteiger partial charge in [-0.2, -0.15) is 0 Å². The third-order valence-corrected chi connectivity index (χ3v) is 5.56. The first-order valence-electron chi connectivity index (χ1n) is 10.0. The number of Topliss-reactive ketones (excluding diaryl/α,β-unsaturated/α-hetero) is 1. The molecular weight excluding hydrogens is 424 g/mol. The van der Waals surface area contributed by atoms with E-state index in [9.17, 15) is 30.3 Å². The SMILES string of the molecule is COc1ccc([C@@H]2CC(=O)c3c(O)cc(O[C@@H]4O[C@H](CO)[C@H](O)[C@H](O)[C@H]4O)cc3O2)cc1. The number of aliphatic hydroxyl groups excluding tert-OH is 4. The zero-order valence-electron chi connectivity index (χ0n) is 17.1. The molecule has 2 aliphatic heterocycles. The van der Waals surface area contributed by atoms with Gasteiger partial charge in [-0.05, 0) is 17.7 Å². The summed E-state index contributed by atoms with van der Waals surface area (Å²) in [5, 5.41) is 49.7. The van der Waals surface area contributed by atoms with Crippen LogP contribution in [0.4, 0.5) is 0 Å². The summed E-state index contributed by atoms with van der Waals surface area (Å²) < 4.78 is 22.0. The second-order valence-corrected chi connectivity index (χ2v) is 7.64. The highest BCUT2D eigenvalue weighted by Crippen LogP contribution is 2.42. The van der Waals surface area contributed by atoms with Crippen LogP contribution in [-0.2, 0) is 4.74 Å². The van der Waals surface area contributed by atoms with E-state index < -0.39 is 43.4 Å². The first kappa shape index (κ1) is 22.3. The molecule has 10 nitrogen and oxygen atoms in total. The van der Waals surface area contributed by atoms with Gasteiger partial charge < -0.3 is 44.5 Å². The molecule has 0 aromatic heterocycles. The molecule has 2 aromatic rings. The summed E-state index contributed by atoms with van der Waals surface area (Å²) in [6.45, 7) is -0.610. The fourth-order valence-corrected chi connectivity index (χ4v) is 3.79. The first-order chi connectivity index (χ1) is 15.3. The van der Waals surface area contributed by atoms with Crippen molar-refractivity contribution in [2.45, 2.75) is 43.2 Å². The molecule has 172 valence electrons. The zero-order chi connectivity index (χ0) is 23.0. The van der Waals surface area contributed by atoms with Crippen molar-refractivity contribution in [2.75, 3.05) is 13.7 Å². The Hall–Kier alpha value is -2.89. The number of methoxy groups -OCH3 is 1. The number of hydrogen-bond acceptors (Lipinski definition) is 10. The van der Waals surface area contributed by atoms with E-state index in [2.05, 4.69) is 0 Å². The van der Waals surface area contributed by atoms with Gasteiger partial charge in [0.15, 0.2) is 5.78 Å². The van der Waals surface area contributed by atoms with Gasteiger partial charge in [-0.15, -0.1) is 0 Å². The van der Waals surface area contributed by atoms with Crippen LogP contribution in [0.25, 0.3) is 0 Å². The minimum absolute atomic E-state index is 0.00578. The van der Waals surface area contributed by atoms with Gasteiger partial charge in [-0.25, -0.2) is 0 Å². The molecule has 0 spiro atoms. The second-order valence-electron chi connectivity index (χ2n) is 7.64. The lowest BCUT2D eigenvalue weighted by Gasteiger charge is -2.39. The smallest absolute Gasteiger partial charge is 0.229 e. The molecule has 1 saturated heterocycles. The Morgan fingerprint density at radius 1 is 1.03 bits per heavy atom. The van der Waals surface area contributed by atoms with Crippen LogP contribution in [0.15, 0.2) is 36.4 Å². The Morgan fingerprint density at radius 2 is 1.75 bits per heavy atom. The lowest BCUT2D eigenvalue weighted by molar-refractivity contribution is -0.277. The fourth-order valence-electron chi connectivity index (χ4n) is 3.79. The molecule has 0 radical (unpaired) electrons. The predicted molar refractivity (Wildman–Crippen MR) is 108 cm³/mol. The summed E-state index contributed by atoms with van der Waals surface area (Å²) in [6, 6.07) is 9.56. The number of phenolic OH excluding ortho intramolecular Hbond substituents is 1. The van der Waals surface area contributed by atoms with Gasteiger partial charge in [-0.3, -0.25) is 4.79 Å².